The molecule has 38 heavy (non-hydrogen) atoms. The highest BCUT2D eigenvalue weighted by atomic mass is 32.1. The van der Waals surface area contributed by atoms with E-state index in [-0.39, 0.29) is 11.9 Å². The molecule has 1 aromatic heterocycles. The predicted molar refractivity (Wildman–Crippen MR) is 153 cm³/mol. The Morgan fingerprint density at radius 1 is 1.08 bits per heavy atom. The van der Waals surface area contributed by atoms with E-state index in [1.165, 1.54) is 28.2 Å². The van der Waals surface area contributed by atoms with Crippen molar-refractivity contribution in [2.75, 3.05) is 56.7 Å². The van der Waals surface area contributed by atoms with Crippen LogP contribution in [0.4, 0.5) is 16.2 Å². The number of piperazine rings is 1. The van der Waals surface area contributed by atoms with Crippen molar-refractivity contribution in [1.82, 2.24) is 14.8 Å². The number of nitrogens with zero attached hydrogens (tertiary/aromatic N) is 4. The first-order valence-electron chi connectivity index (χ1n) is 13.0. The number of thiazole rings is 1. The molecule has 4 rings (SSSR count). The second-order valence-electron chi connectivity index (χ2n) is 9.81. The summed E-state index contributed by atoms with van der Waals surface area (Å²) in [7, 11) is 1.61. The first kappa shape index (κ1) is 27.6. The van der Waals surface area contributed by atoms with Crippen LogP contribution in [-0.2, 0) is 11.3 Å². The van der Waals surface area contributed by atoms with Gasteiger partial charge in [0.25, 0.3) is 5.91 Å². The Morgan fingerprint density at radius 2 is 1.79 bits per heavy atom. The molecule has 1 fully saturated rings. The molecule has 1 N–H and O–H groups in total. The molecule has 0 radical (unpaired) electrons. The van der Waals surface area contributed by atoms with Gasteiger partial charge in [-0.3, -0.25) is 4.79 Å². The highest BCUT2D eigenvalue weighted by molar-refractivity contribution is 7.09. The molecule has 202 valence electrons. The first-order valence-corrected chi connectivity index (χ1v) is 13.9. The minimum absolute atomic E-state index is 0.0601. The number of urea groups is 1. The van der Waals surface area contributed by atoms with Gasteiger partial charge in [0.2, 0.25) is 0 Å². The summed E-state index contributed by atoms with van der Waals surface area (Å²) >= 11 is 1.40. The summed E-state index contributed by atoms with van der Waals surface area (Å²) in [4.78, 5) is 36.7. The van der Waals surface area contributed by atoms with Crippen molar-refractivity contribution in [1.29, 1.82) is 0 Å². The zero-order valence-corrected chi connectivity index (χ0v) is 23.5. The van der Waals surface area contributed by atoms with Gasteiger partial charge in [-0.1, -0.05) is 44.2 Å². The molecule has 3 amide bonds. The topological polar surface area (TPSA) is 78.0 Å². The second kappa shape index (κ2) is 12.9. The molecule has 9 heteroatoms. The van der Waals surface area contributed by atoms with Crippen molar-refractivity contribution >= 4 is 34.6 Å². The maximum absolute atomic E-state index is 13.2. The van der Waals surface area contributed by atoms with Gasteiger partial charge in [-0.25, -0.2) is 9.78 Å². The first-order chi connectivity index (χ1) is 18.4. The van der Waals surface area contributed by atoms with Crippen molar-refractivity contribution in [2.24, 2.45) is 0 Å². The summed E-state index contributed by atoms with van der Waals surface area (Å²) in [5.74, 6) is 0.367. The SMILES string of the molecule is COCCN(Cc1nc(C(=O)N2CCN(c3ccccc3C)CC2)cs1)C(=O)Nc1ccc(C(C)C)cc1. The van der Waals surface area contributed by atoms with Gasteiger partial charge in [0.1, 0.15) is 10.7 Å². The smallest absolute Gasteiger partial charge is 0.322 e. The van der Waals surface area contributed by atoms with Gasteiger partial charge in [-0.05, 0) is 42.2 Å². The van der Waals surface area contributed by atoms with Gasteiger partial charge in [-0.2, -0.15) is 0 Å². The van der Waals surface area contributed by atoms with Gasteiger partial charge in [0, 0.05) is 56.6 Å². The standard InChI is InChI=1S/C29H37N5O3S/c1-21(2)23-9-11-24(12-10-23)30-29(36)34(17-18-37-4)19-27-31-25(20-38-27)28(35)33-15-13-32(14-16-33)26-8-6-5-7-22(26)3/h5-12,20-21H,13-19H2,1-4H3,(H,30,36). The van der Waals surface area contributed by atoms with Crippen molar-refractivity contribution in [3.05, 3.63) is 75.7 Å². The summed E-state index contributed by atoms with van der Waals surface area (Å²) in [5.41, 5.74) is 4.86. The Hall–Kier alpha value is -3.43. The number of para-hydroxylation sites is 1. The Labute approximate surface area is 229 Å². The Kier molecular flexibility index (Phi) is 9.36. The number of hydrogen-bond acceptors (Lipinski definition) is 6. The number of hydrogen-bond donors (Lipinski definition) is 1. The van der Waals surface area contributed by atoms with Crippen LogP contribution >= 0.6 is 11.3 Å². The summed E-state index contributed by atoms with van der Waals surface area (Å²) in [6.45, 7) is 10.4. The van der Waals surface area contributed by atoms with Gasteiger partial charge in [0.05, 0.1) is 13.2 Å². The maximum atomic E-state index is 13.2. The minimum atomic E-state index is -0.227. The molecule has 3 aromatic rings. The van der Waals surface area contributed by atoms with Crippen LogP contribution in [0.15, 0.2) is 53.9 Å². The van der Waals surface area contributed by atoms with E-state index in [0.717, 1.165) is 18.8 Å². The molecule has 1 aliphatic rings. The lowest BCUT2D eigenvalue weighted by Gasteiger charge is -2.36. The molecule has 2 aromatic carbocycles. The number of amides is 3. The number of aryl methyl sites for hydroxylation is 1. The summed E-state index contributed by atoms with van der Waals surface area (Å²) in [6, 6.07) is 16.0. The van der Waals surface area contributed by atoms with Crippen LogP contribution in [-0.4, -0.2) is 73.2 Å². The van der Waals surface area contributed by atoms with Crippen molar-refractivity contribution in [3.63, 3.8) is 0 Å². The zero-order valence-electron chi connectivity index (χ0n) is 22.6. The van der Waals surface area contributed by atoms with Gasteiger partial charge < -0.3 is 24.8 Å². The lowest BCUT2D eigenvalue weighted by atomic mass is 10.0. The number of methoxy groups -OCH3 is 1. The van der Waals surface area contributed by atoms with Crippen LogP contribution in [0.2, 0.25) is 0 Å². The Balaban J connectivity index is 1.35. The van der Waals surface area contributed by atoms with Crippen LogP contribution in [0.1, 0.15) is 46.4 Å². The van der Waals surface area contributed by atoms with Crippen molar-refractivity contribution < 1.29 is 14.3 Å². The molecule has 0 unspecified atom stereocenters. The second-order valence-corrected chi connectivity index (χ2v) is 10.8. The molecule has 8 nitrogen and oxygen atoms in total. The summed E-state index contributed by atoms with van der Waals surface area (Å²) in [6.07, 6.45) is 0. The Morgan fingerprint density at radius 3 is 2.45 bits per heavy atom. The third kappa shape index (κ3) is 6.90. The third-order valence-corrected chi connectivity index (χ3v) is 7.63. The van der Waals surface area contributed by atoms with E-state index in [2.05, 4.69) is 54.2 Å². The fourth-order valence-corrected chi connectivity index (χ4v) is 5.27. The minimum Gasteiger partial charge on any atom is -0.383 e. The fourth-order valence-electron chi connectivity index (χ4n) is 4.48. The number of anilines is 2. The molecule has 0 bridgehead atoms. The average Bonchev–Trinajstić information content (AvgIpc) is 3.40. The highest BCUT2D eigenvalue weighted by Crippen LogP contribution is 2.22. The molecule has 1 aliphatic heterocycles. The maximum Gasteiger partial charge on any atom is 0.322 e. The van der Waals surface area contributed by atoms with E-state index >= 15 is 0 Å². The van der Waals surface area contributed by atoms with Crippen molar-refractivity contribution in [2.45, 2.75) is 33.2 Å². The van der Waals surface area contributed by atoms with Crippen LogP contribution in [0.25, 0.3) is 0 Å². The van der Waals surface area contributed by atoms with E-state index < -0.39 is 0 Å². The van der Waals surface area contributed by atoms with Crippen LogP contribution in [0.5, 0.6) is 0 Å². The normalized spacial score (nSPS) is 13.6. The van der Waals surface area contributed by atoms with Gasteiger partial charge in [-0.15, -0.1) is 11.3 Å². The number of carbonyl (C=O) groups is 2. The number of ether oxygens (including phenoxy) is 1. The van der Waals surface area contributed by atoms with E-state index in [9.17, 15) is 9.59 Å². The Bertz CT molecular complexity index is 1220. The van der Waals surface area contributed by atoms with E-state index in [1.807, 2.05) is 35.2 Å². The van der Waals surface area contributed by atoms with Crippen LogP contribution < -0.4 is 10.2 Å². The van der Waals surface area contributed by atoms with E-state index in [1.54, 1.807) is 17.4 Å². The molecule has 0 saturated carbocycles. The monoisotopic (exact) mass is 535 g/mol. The molecule has 2 heterocycles. The largest absolute Gasteiger partial charge is 0.383 e. The molecular weight excluding hydrogens is 498 g/mol. The lowest BCUT2D eigenvalue weighted by molar-refractivity contribution is 0.0741. The third-order valence-electron chi connectivity index (χ3n) is 6.80. The number of rotatable bonds is 9. The molecule has 0 aliphatic carbocycles. The van der Waals surface area contributed by atoms with E-state index in [0.29, 0.717) is 49.4 Å². The van der Waals surface area contributed by atoms with Gasteiger partial charge >= 0.3 is 6.03 Å². The zero-order chi connectivity index (χ0) is 27.1. The molecule has 0 atom stereocenters. The number of nitrogens with one attached hydrogen (secondary N) is 1. The van der Waals surface area contributed by atoms with Crippen LogP contribution in [0.3, 0.4) is 0 Å². The lowest BCUT2D eigenvalue weighted by Crippen LogP contribution is -2.49. The summed E-state index contributed by atoms with van der Waals surface area (Å²) in [5, 5.41) is 5.48. The molecular formula is C29H37N5O3S. The molecule has 1 saturated heterocycles. The molecule has 0 spiro atoms. The highest BCUT2D eigenvalue weighted by Gasteiger charge is 2.25. The summed E-state index contributed by atoms with van der Waals surface area (Å²) < 4.78 is 5.22. The quantitative estimate of drug-likeness (QED) is 0.407. The number of benzene rings is 2. The van der Waals surface area contributed by atoms with Crippen molar-refractivity contribution in [3.8, 4) is 0 Å². The van der Waals surface area contributed by atoms with E-state index in [4.69, 9.17) is 4.74 Å². The predicted octanol–water partition coefficient (Wildman–Crippen LogP) is 5.22. The van der Waals surface area contributed by atoms with Gasteiger partial charge in [0.15, 0.2) is 0 Å². The number of aromatic nitrogens is 1. The van der Waals surface area contributed by atoms with Crippen LogP contribution in [0, 0.1) is 6.92 Å². The average molecular weight is 536 g/mol. The number of carbonyl (C=O) groups excluding carboxylic acids is 2. The fraction of sp³-hybridized carbons (Fsp3) is 0.414.